The van der Waals surface area contributed by atoms with E-state index >= 15 is 0 Å². The highest BCUT2D eigenvalue weighted by Gasteiger charge is 2.55. The molecule has 9 nitrogen and oxygen atoms in total. The average Bonchev–Trinajstić information content (AvgIpc) is 3.61. The van der Waals surface area contributed by atoms with Crippen LogP contribution in [0.4, 0.5) is 5.69 Å². The molecule has 3 aromatic rings. The van der Waals surface area contributed by atoms with Gasteiger partial charge in [0.2, 0.25) is 0 Å². The number of halogens is 2. The zero-order chi connectivity index (χ0) is 26.4. The molecule has 3 amide bonds. The summed E-state index contributed by atoms with van der Waals surface area (Å²) in [6.45, 7) is -0.277. The Hall–Kier alpha value is -4.08. The molecule has 3 atom stereocenters. The molecule has 0 saturated carbocycles. The largest absolute Gasteiger partial charge is 0.271 e. The van der Waals surface area contributed by atoms with Gasteiger partial charge in [-0.1, -0.05) is 89.1 Å². The van der Waals surface area contributed by atoms with Crippen molar-refractivity contribution in [3.05, 3.63) is 100 Å². The maximum absolute atomic E-state index is 13.6. The number of carbonyl (C=O) groups excluding carboxylic acids is 3. The zero-order valence-electron chi connectivity index (χ0n) is 19.8. The van der Waals surface area contributed by atoms with Crippen LogP contribution in [0.3, 0.4) is 0 Å². The van der Waals surface area contributed by atoms with Gasteiger partial charge >= 0.3 is 0 Å². The van der Waals surface area contributed by atoms with E-state index in [2.05, 4.69) is 15.4 Å². The molecule has 3 aromatic carbocycles. The summed E-state index contributed by atoms with van der Waals surface area (Å²) in [5.74, 6) is -1.49. The second-order valence-corrected chi connectivity index (χ2v) is 9.93. The normalized spacial score (nSPS) is 22.3. The fourth-order valence-electron chi connectivity index (χ4n) is 4.95. The number of hydrogen-bond acceptors (Lipinski definition) is 7. The van der Waals surface area contributed by atoms with Crippen molar-refractivity contribution < 1.29 is 14.4 Å². The smallest absolute Gasteiger partial charge is 0.264 e. The minimum absolute atomic E-state index is 0.157. The van der Waals surface area contributed by atoms with E-state index < -0.39 is 23.9 Å². The Balaban J connectivity index is 1.26. The topological polar surface area (TPSA) is 98.0 Å². The minimum atomic E-state index is -1.06. The molecule has 11 heteroatoms. The summed E-state index contributed by atoms with van der Waals surface area (Å²) >= 11 is 12.2. The van der Waals surface area contributed by atoms with Crippen molar-refractivity contribution in [1.29, 1.82) is 0 Å². The fourth-order valence-corrected chi connectivity index (χ4v) is 5.44. The lowest BCUT2D eigenvalue weighted by molar-refractivity contribution is -0.135. The molecule has 0 N–H and O–H groups in total. The molecule has 3 aliphatic heterocycles. The van der Waals surface area contributed by atoms with Gasteiger partial charge in [0.1, 0.15) is 6.54 Å². The van der Waals surface area contributed by atoms with Gasteiger partial charge in [-0.3, -0.25) is 19.4 Å². The van der Waals surface area contributed by atoms with Crippen LogP contribution in [0.15, 0.2) is 94.3 Å². The first-order valence-corrected chi connectivity index (χ1v) is 12.7. The highest BCUT2D eigenvalue weighted by molar-refractivity contribution is 6.38. The summed E-state index contributed by atoms with van der Waals surface area (Å²) in [7, 11) is 0. The summed E-state index contributed by atoms with van der Waals surface area (Å²) in [6, 6.07) is 21.4. The second-order valence-electron chi connectivity index (χ2n) is 9.08. The van der Waals surface area contributed by atoms with E-state index in [1.54, 1.807) is 6.07 Å². The Kier molecular flexibility index (Phi) is 6.17. The van der Waals surface area contributed by atoms with E-state index in [4.69, 9.17) is 23.2 Å². The minimum Gasteiger partial charge on any atom is -0.271 e. The number of hydrazone groups is 1. The number of nitrogens with zero attached hydrogens (tertiary/aromatic N) is 6. The molecule has 0 aromatic heterocycles. The molecule has 38 heavy (non-hydrogen) atoms. The lowest BCUT2D eigenvalue weighted by atomic mass is 9.98. The molecule has 0 radical (unpaired) electrons. The number of imide groups is 1. The van der Waals surface area contributed by atoms with E-state index in [9.17, 15) is 14.4 Å². The molecule has 3 heterocycles. The number of benzene rings is 3. The third kappa shape index (κ3) is 4.13. The Bertz CT molecular complexity index is 1500. The first-order chi connectivity index (χ1) is 18.4. The highest BCUT2D eigenvalue weighted by atomic mass is 35.5. The molecule has 3 aliphatic rings. The van der Waals surface area contributed by atoms with Crippen LogP contribution in [-0.4, -0.2) is 52.1 Å². The molecule has 6 rings (SSSR count). The Morgan fingerprint density at radius 1 is 0.921 bits per heavy atom. The number of anilines is 1. The van der Waals surface area contributed by atoms with Gasteiger partial charge in [-0.15, -0.1) is 0 Å². The standard InChI is InChI=1S/C27H20Cl2N6O3/c28-18-11-12-21(19(29)13-18)34-26(37)24-25(27(34)38)33(32-30-24)15-23(36)35-22(17-9-5-2-6-10-17)14-20(31-35)16-7-3-1-4-8-16/h1-13,22,24-25H,14-15H2/t22-,24-,25-/m1/s1. The predicted molar refractivity (Wildman–Crippen MR) is 142 cm³/mol. The lowest BCUT2D eigenvalue weighted by Gasteiger charge is -2.25. The van der Waals surface area contributed by atoms with Crippen molar-refractivity contribution in [2.24, 2.45) is 15.4 Å². The van der Waals surface area contributed by atoms with Gasteiger partial charge in [0.15, 0.2) is 12.1 Å². The molecule has 1 saturated heterocycles. The third-order valence-corrected chi connectivity index (χ3v) is 7.30. The monoisotopic (exact) mass is 546 g/mol. The Morgan fingerprint density at radius 3 is 2.34 bits per heavy atom. The molecule has 0 aliphatic carbocycles. The molecule has 190 valence electrons. The van der Waals surface area contributed by atoms with E-state index in [0.717, 1.165) is 21.7 Å². The summed E-state index contributed by atoms with van der Waals surface area (Å²) in [4.78, 5) is 41.0. The number of fused-ring (bicyclic) bond motifs is 1. The predicted octanol–water partition coefficient (Wildman–Crippen LogP) is 4.66. The SMILES string of the molecule is O=C1[C@@H]2N=NN(CC(=O)N3N=C(c4ccccc4)C[C@@H]3c3ccccc3)[C@H]2C(=O)N1c1ccc(Cl)cc1Cl. The van der Waals surface area contributed by atoms with E-state index in [-0.39, 0.29) is 29.2 Å². The summed E-state index contributed by atoms with van der Waals surface area (Å²) in [5.41, 5.74) is 2.86. The van der Waals surface area contributed by atoms with Gasteiger partial charge < -0.3 is 0 Å². The van der Waals surface area contributed by atoms with Crippen molar-refractivity contribution in [3.63, 3.8) is 0 Å². The van der Waals surface area contributed by atoms with Crippen LogP contribution in [0.5, 0.6) is 0 Å². The molecule has 0 spiro atoms. The van der Waals surface area contributed by atoms with Crippen LogP contribution in [-0.2, 0) is 14.4 Å². The maximum atomic E-state index is 13.6. The molecule has 0 unspecified atom stereocenters. The average molecular weight is 547 g/mol. The van der Waals surface area contributed by atoms with E-state index in [1.807, 2.05) is 60.7 Å². The van der Waals surface area contributed by atoms with Crippen molar-refractivity contribution in [3.8, 4) is 0 Å². The van der Waals surface area contributed by atoms with Gasteiger partial charge in [-0.25, -0.2) is 9.91 Å². The van der Waals surface area contributed by atoms with Crippen molar-refractivity contribution in [2.75, 3.05) is 11.4 Å². The van der Waals surface area contributed by atoms with Crippen molar-refractivity contribution in [2.45, 2.75) is 24.5 Å². The van der Waals surface area contributed by atoms with E-state index in [1.165, 1.54) is 22.2 Å². The second kappa shape index (κ2) is 9.66. The first kappa shape index (κ1) is 24.3. The van der Waals surface area contributed by atoms with Crippen LogP contribution in [0, 0.1) is 0 Å². The first-order valence-electron chi connectivity index (χ1n) is 11.9. The summed E-state index contributed by atoms with van der Waals surface area (Å²) < 4.78 is 0. The van der Waals surface area contributed by atoms with Crippen LogP contribution < -0.4 is 4.90 Å². The molecule has 1 fully saturated rings. The zero-order valence-corrected chi connectivity index (χ0v) is 21.3. The molecular formula is C27H20Cl2N6O3. The van der Waals surface area contributed by atoms with Crippen molar-refractivity contribution >= 4 is 52.3 Å². The van der Waals surface area contributed by atoms with Crippen LogP contribution >= 0.6 is 23.2 Å². The molecular weight excluding hydrogens is 527 g/mol. The van der Waals surface area contributed by atoms with Gasteiger partial charge in [0, 0.05) is 11.4 Å². The highest BCUT2D eigenvalue weighted by Crippen LogP contribution is 2.37. The summed E-state index contributed by atoms with van der Waals surface area (Å²) in [6.07, 6.45) is 0.535. The van der Waals surface area contributed by atoms with Gasteiger partial charge in [-0.05, 0) is 29.3 Å². The quantitative estimate of drug-likeness (QED) is 0.434. The van der Waals surface area contributed by atoms with Crippen LogP contribution in [0.25, 0.3) is 0 Å². The van der Waals surface area contributed by atoms with Gasteiger partial charge in [0.05, 0.1) is 22.5 Å². The fraction of sp³-hybridized carbons (Fsp3) is 0.185. The van der Waals surface area contributed by atoms with Crippen molar-refractivity contribution in [1.82, 2.24) is 10.0 Å². The van der Waals surface area contributed by atoms with Gasteiger partial charge in [0.25, 0.3) is 17.7 Å². The number of hydrogen-bond donors (Lipinski definition) is 0. The lowest BCUT2D eigenvalue weighted by Crippen LogP contribution is -2.44. The Morgan fingerprint density at radius 2 is 1.63 bits per heavy atom. The number of carbonyl (C=O) groups is 3. The Labute approximate surface area is 227 Å². The number of rotatable bonds is 5. The number of amides is 3. The van der Waals surface area contributed by atoms with Gasteiger partial charge in [-0.2, -0.15) is 10.2 Å². The molecule has 0 bridgehead atoms. The summed E-state index contributed by atoms with van der Waals surface area (Å²) in [5, 5.41) is 15.9. The van der Waals surface area contributed by atoms with E-state index in [0.29, 0.717) is 11.4 Å². The van der Waals surface area contributed by atoms with Crippen LogP contribution in [0.1, 0.15) is 23.6 Å². The van der Waals surface area contributed by atoms with Crippen LogP contribution in [0.2, 0.25) is 10.0 Å². The maximum Gasteiger partial charge on any atom is 0.264 e. The third-order valence-electron chi connectivity index (χ3n) is 6.76.